The minimum atomic E-state index is -1.12. The number of esters is 1. The number of non-ortho nitro benzene ring substituents is 2. The number of nitrogens with one attached hydrogen (secondary N) is 1. The smallest absolute Gasteiger partial charge is 0.344 e. The molecule has 0 heterocycles. The van der Waals surface area contributed by atoms with Crippen LogP contribution >= 0.6 is 0 Å². The van der Waals surface area contributed by atoms with Gasteiger partial charge in [0.1, 0.15) is 17.2 Å². The van der Waals surface area contributed by atoms with Crippen molar-refractivity contribution < 1.29 is 43.1 Å². The first kappa shape index (κ1) is 28.9. The standard InChI is InChI=1S/C26H23N3O11/c1-36-19-13-22(38-3)20(23(14-19)39-4)6-8-25(30)27-16-5-7-21(37-2)24(11-16)40-26(31)15-9-17(28(32)33)12-18(10-15)29(34)35/h5-14H,1-4H3,(H,27,30). The molecular weight excluding hydrogens is 530 g/mol. The van der Waals surface area contributed by atoms with Crippen LogP contribution in [0.15, 0.2) is 54.6 Å². The van der Waals surface area contributed by atoms with Crippen molar-refractivity contribution in [1.29, 1.82) is 0 Å². The van der Waals surface area contributed by atoms with Crippen molar-refractivity contribution in [3.63, 3.8) is 0 Å². The van der Waals surface area contributed by atoms with E-state index in [1.807, 2.05) is 0 Å². The number of nitrogens with zero attached hydrogens (tertiary/aromatic N) is 2. The van der Waals surface area contributed by atoms with Gasteiger partial charge in [-0.1, -0.05) is 0 Å². The molecule has 208 valence electrons. The SMILES string of the molecule is COc1cc(OC)c(C=CC(=O)Nc2ccc(OC)c(OC(=O)c3cc([N+](=O)[O-])cc([N+](=O)[O-])c3)c2)c(OC)c1. The van der Waals surface area contributed by atoms with Gasteiger partial charge in [0, 0.05) is 42.1 Å². The van der Waals surface area contributed by atoms with E-state index in [1.54, 1.807) is 12.1 Å². The number of methoxy groups -OCH3 is 4. The van der Waals surface area contributed by atoms with Gasteiger partial charge in [-0.15, -0.1) is 0 Å². The molecule has 0 aliphatic carbocycles. The summed E-state index contributed by atoms with van der Waals surface area (Å²) in [5.74, 6) is -0.434. The number of nitro groups is 2. The topological polar surface area (TPSA) is 179 Å². The highest BCUT2D eigenvalue weighted by atomic mass is 16.6. The number of hydrogen-bond acceptors (Lipinski definition) is 11. The molecule has 0 bridgehead atoms. The molecule has 0 saturated carbocycles. The number of anilines is 1. The fraction of sp³-hybridized carbons (Fsp3) is 0.154. The number of rotatable bonds is 11. The highest BCUT2D eigenvalue weighted by molar-refractivity contribution is 6.02. The van der Waals surface area contributed by atoms with Gasteiger partial charge >= 0.3 is 5.97 Å². The lowest BCUT2D eigenvalue weighted by molar-refractivity contribution is -0.394. The number of benzene rings is 3. The number of carbonyl (C=O) groups is 2. The van der Waals surface area contributed by atoms with Crippen molar-refractivity contribution in [2.45, 2.75) is 0 Å². The van der Waals surface area contributed by atoms with Gasteiger partial charge < -0.3 is 29.0 Å². The summed E-state index contributed by atoms with van der Waals surface area (Å²) in [5, 5.41) is 24.9. The van der Waals surface area contributed by atoms with E-state index in [9.17, 15) is 29.8 Å². The molecule has 0 saturated heterocycles. The van der Waals surface area contributed by atoms with Crippen LogP contribution in [0.5, 0.6) is 28.7 Å². The molecule has 0 fully saturated rings. The Morgan fingerprint density at radius 1 is 0.750 bits per heavy atom. The Morgan fingerprint density at radius 3 is 1.82 bits per heavy atom. The molecule has 0 atom stereocenters. The molecule has 3 aromatic rings. The fourth-order valence-corrected chi connectivity index (χ4v) is 3.46. The van der Waals surface area contributed by atoms with Crippen LogP contribution in [0.3, 0.4) is 0 Å². The van der Waals surface area contributed by atoms with Gasteiger partial charge in [-0.3, -0.25) is 25.0 Å². The van der Waals surface area contributed by atoms with Crippen LogP contribution in [0.25, 0.3) is 6.08 Å². The molecule has 14 heteroatoms. The maximum atomic E-state index is 12.7. The fourth-order valence-electron chi connectivity index (χ4n) is 3.46. The summed E-state index contributed by atoms with van der Waals surface area (Å²) < 4.78 is 26.4. The van der Waals surface area contributed by atoms with Crippen LogP contribution in [0.1, 0.15) is 15.9 Å². The summed E-state index contributed by atoms with van der Waals surface area (Å²) in [6.45, 7) is 0. The van der Waals surface area contributed by atoms with Gasteiger partial charge in [0.25, 0.3) is 11.4 Å². The third-order valence-corrected chi connectivity index (χ3v) is 5.35. The van der Waals surface area contributed by atoms with Crippen molar-refractivity contribution in [3.8, 4) is 28.7 Å². The van der Waals surface area contributed by atoms with E-state index in [1.165, 1.54) is 58.8 Å². The van der Waals surface area contributed by atoms with Crippen LogP contribution in [0.2, 0.25) is 0 Å². The van der Waals surface area contributed by atoms with Crippen LogP contribution < -0.4 is 29.0 Å². The first-order chi connectivity index (χ1) is 19.1. The van der Waals surface area contributed by atoms with E-state index in [4.69, 9.17) is 23.7 Å². The van der Waals surface area contributed by atoms with E-state index in [2.05, 4.69) is 5.32 Å². The molecule has 0 unspecified atom stereocenters. The minimum Gasteiger partial charge on any atom is -0.496 e. The average molecular weight is 553 g/mol. The number of carbonyl (C=O) groups excluding carboxylic acids is 2. The second-order valence-corrected chi connectivity index (χ2v) is 7.78. The number of hydrogen-bond donors (Lipinski definition) is 1. The summed E-state index contributed by atoms with van der Waals surface area (Å²) >= 11 is 0. The number of amides is 1. The van der Waals surface area contributed by atoms with Gasteiger partial charge in [0.15, 0.2) is 11.5 Å². The second kappa shape index (κ2) is 12.7. The summed E-state index contributed by atoms with van der Waals surface area (Å²) in [7, 11) is 5.71. The van der Waals surface area contributed by atoms with Crippen LogP contribution in [0.4, 0.5) is 17.1 Å². The molecule has 40 heavy (non-hydrogen) atoms. The molecule has 0 radical (unpaired) electrons. The quantitative estimate of drug-likeness (QED) is 0.117. The van der Waals surface area contributed by atoms with Crippen molar-refractivity contribution in [2.75, 3.05) is 33.8 Å². The zero-order valence-electron chi connectivity index (χ0n) is 21.7. The normalized spacial score (nSPS) is 10.5. The zero-order valence-corrected chi connectivity index (χ0v) is 21.7. The van der Waals surface area contributed by atoms with Crippen LogP contribution in [-0.4, -0.2) is 50.2 Å². The monoisotopic (exact) mass is 553 g/mol. The predicted octanol–water partition coefficient (Wildman–Crippen LogP) is 4.41. The molecule has 0 aliphatic heterocycles. The largest absolute Gasteiger partial charge is 0.496 e. The van der Waals surface area contributed by atoms with E-state index in [-0.39, 0.29) is 17.2 Å². The predicted molar refractivity (Wildman–Crippen MR) is 141 cm³/mol. The average Bonchev–Trinajstić information content (AvgIpc) is 2.95. The van der Waals surface area contributed by atoms with E-state index in [0.717, 1.165) is 18.2 Å². The molecule has 0 spiro atoms. The molecule has 3 aromatic carbocycles. The van der Waals surface area contributed by atoms with Crippen molar-refractivity contribution >= 4 is 35.0 Å². The molecule has 14 nitrogen and oxygen atoms in total. The Balaban J connectivity index is 1.84. The summed E-state index contributed by atoms with van der Waals surface area (Å²) in [6, 6.07) is 9.84. The summed E-state index contributed by atoms with van der Waals surface area (Å²) in [5.41, 5.74) is -1.06. The van der Waals surface area contributed by atoms with Crippen molar-refractivity contribution in [3.05, 3.63) is 86.0 Å². The number of ether oxygens (including phenoxy) is 5. The first-order valence-electron chi connectivity index (χ1n) is 11.2. The minimum absolute atomic E-state index is 0.0922. The lowest BCUT2D eigenvalue weighted by Crippen LogP contribution is -2.12. The van der Waals surface area contributed by atoms with E-state index >= 15 is 0 Å². The maximum Gasteiger partial charge on any atom is 0.344 e. The third kappa shape index (κ3) is 6.80. The third-order valence-electron chi connectivity index (χ3n) is 5.35. The lowest BCUT2D eigenvalue weighted by Gasteiger charge is -2.13. The Morgan fingerprint density at radius 2 is 1.32 bits per heavy atom. The van der Waals surface area contributed by atoms with Crippen LogP contribution in [0, 0.1) is 20.2 Å². The number of nitro benzene ring substituents is 2. The maximum absolute atomic E-state index is 12.7. The lowest BCUT2D eigenvalue weighted by atomic mass is 10.1. The Bertz CT molecular complexity index is 1440. The van der Waals surface area contributed by atoms with Crippen molar-refractivity contribution in [1.82, 2.24) is 0 Å². The Labute approximate surface area is 227 Å². The van der Waals surface area contributed by atoms with Gasteiger partial charge in [-0.25, -0.2) is 4.79 Å². The molecule has 1 N–H and O–H groups in total. The second-order valence-electron chi connectivity index (χ2n) is 7.78. The van der Waals surface area contributed by atoms with Gasteiger partial charge in [0.2, 0.25) is 5.91 Å². The van der Waals surface area contributed by atoms with Gasteiger partial charge in [-0.05, 0) is 18.2 Å². The summed E-state index contributed by atoms with van der Waals surface area (Å²) in [4.78, 5) is 45.9. The van der Waals surface area contributed by atoms with Gasteiger partial charge in [-0.2, -0.15) is 0 Å². The zero-order chi connectivity index (χ0) is 29.4. The highest BCUT2D eigenvalue weighted by Gasteiger charge is 2.22. The first-order valence-corrected chi connectivity index (χ1v) is 11.2. The van der Waals surface area contributed by atoms with Crippen LogP contribution in [-0.2, 0) is 4.79 Å². The highest BCUT2D eigenvalue weighted by Crippen LogP contribution is 2.35. The Hall–Kier alpha value is -5.66. The Kier molecular flexibility index (Phi) is 9.20. The molecule has 0 aliphatic rings. The van der Waals surface area contributed by atoms with Crippen molar-refractivity contribution in [2.24, 2.45) is 0 Å². The molecule has 0 aromatic heterocycles. The van der Waals surface area contributed by atoms with E-state index in [0.29, 0.717) is 22.8 Å². The molecular formula is C26H23N3O11. The van der Waals surface area contributed by atoms with Gasteiger partial charge in [0.05, 0.1) is 55.5 Å². The van der Waals surface area contributed by atoms with E-state index < -0.39 is 38.7 Å². The molecule has 1 amide bonds. The molecule has 3 rings (SSSR count). The summed E-state index contributed by atoms with van der Waals surface area (Å²) in [6.07, 6.45) is 2.71.